The Kier molecular flexibility index (Phi) is 10.3. The van der Waals surface area contributed by atoms with E-state index in [4.69, 9.17) is 21.8 Å². The molecule has 12 heteroatoms. The number of rotatable bonds is 9. The van der Waals surface area contributed by atoms with Crippen LogP contribution in [-0.2, 0) is 26.2 Å². The van der Waals surface area contributed by atoms with Gasteiger partial charge in [0, 0.05) is 49.0 Å². The number of halogens is 1. The number of hydrogen-bond donors (Lipinski definition) is 3. The lowest BCUT2D eigenvalue weighted by Crippen LogP contribution is -2.16. The molecule has 0 aliphatic carbocycles. The van der Waals surface area contributed by atoms with E-state index in [1.54, 1.807) is 62.2 Å². The first-order chi connectivity index (χ1) is 16.6. The third-order valence-corrected chi connectivity index (χ3v) is 6.04. The van der Waals surface area contributed by atoms with Crippen molar-refractivity contribution < 1.29 is 28.2 Å². The van der Waals surface area contributed by atoms with Crippen molar-refractivity contribution >= 4 is 39.6 Å². The maximum atomic E-state index is 13.0. The number of pyridine rings is 2. The van der Waals surface area contributed by atoms with Crippen LogP contribution in [0, 0.1) is 0 Å². The van der Waals surface area contributed by atoms with Crippen LogP contribution < -0.4 is 5.32 Å². The molecule has 184 valence electrons. The normalized spacial score (nSPS) is 11.4. The Labute approximate surface area is 207 Å². The third-order valence-electron chi connectivity index (χ3n) is 4.23. The van der Waals surface area contributed by atoms with Crippen molar-refractivity contribution in [1.29, 1.82) is 0 Å². The molecule has 3 aromatic rings. The minimum atomic E-state index is -3.63. The Morgan fingerprint density at radius 2 is 1.83 bits per heavy atom. The van der Waals surface area contributed by atoms with Gasteiger partial charge in [-0.05, 0) is 42.4 Å². The molecule has 0 radical (unpaired) electrons. The predicted molar refractivity (Wildman–Crippen MR) is 132 cm³/mol. The average Bonchev–Trinajstić information content (AvgIpc) is 3.24. The van der Waals surface area contributed by atoms with Gasteiger partial charge >= 0.3 is 11.9 Å². The summed E-state index contributed by atoms with van der Waals surface area (Å²) in [5.41, 5.74) is 2.74. The number of nitrogens with one attached hydrogen (secondary N) is 1. The van der Waals surface area contributed by atoms with Crippen LogP contribution >= 0.6 is 11.6 Å². The van der Waals surface area contributed by atoms with Crippen molar-refractivity contribution in [3.63, 3.8) is 0 Å². The van der Waals surface area contributed by atoms with Gasteiger partial charge < -0.3 is 15.5 Å². The predicted octanol–water partition coefficient (Wildman–Crippen LogP) is 2.92. The standard InChI is InChI=1S/C19H19ClN4O2S.C4H4O4/c1-21-12-16-11-18(17-7-3-9-23-19(17)20)24(14-16)27(25,26)10-4-6-15-5-2-8-22-13-15;5-3(6)1-2-4(7)8/h2-9,11,13-14,21H,10,12H2,1H3;1-2H,(H,5,6)(H,7,8)/b;2-1+. The molecule has 3 rings (SSSR count). The summed E-state index contributed by atoms with van der Waals surface area (Å²) in [6.45, 7) is 0.541. The van der Waals surface area contributed by atoms with Crippen LogP contribution in [0.2, 0.25) is 5.15 Å². The van der Waals surface area contributed by atoms with Gasteiger partial charge in [0.05, 0.1) is 11.4 Å². The van der Waals surface area contributed by atoms with E-state index in [2.05, 4.69) is 15.3 Å². The Morgan fingerprint density at radius 1 is 1.14 bits per heavy atom. The van der Waals surface area contributed by atoms with Crippen LogP contribution in [0.5, 0.6) is 0 Å². The first kappa shape index (κ1) is 27.4. The molecule has 3 N–H and O–H groups in total. The molecule has 0 atom stereocenters. The molecule has 0 unspecified atom stereocenters. The van der Waals surface area contributed by atoms with E-state index >= 15 is 0 Å². The lowest BCUT2D eigenvalue weighted by atomic mass is 10.2. The molecule has 3 aromatic heterocycles. The second-order valence-corrected chi connectivity index (χ2v) is 9.13. The van der Waals surface area contributed by atoms with Crippen molar-refractivity contribution in [2.24, 2.45) is 0 Å². The van der Waals surface area contributed by atoms with E-state index < -0.39 is 22.0 Å². The van der Waals surface area contributed by atoms with Crippen LogP contribution in [0.3, 0.4) is 0 Å². The largest absolute Gasteiger partial charge is 0.478 e. The molecule has 0 aliphatic rings. The lowest BCUT2D eigenvalue weighted by molar-refractivity contribution is -0.134. The molecule has 0 aliphatic heterocycles. The number of carboxylic acid groups (broad SMARTS) is 2. The number of nitrogens with zero attached hydrogens (tertiary/aromatic N) is 3. The Morgan fingerprint density at radius 3 is 2.40 bits per heavy atom. The van der Waals surface area contributed by atoms with Gasteiger partial charge in [0.25, 0.3) is 0 Å². The number of hydrogen-bond acceptors (Lipinski definition) is 7. The van der Waals surface area contributed by atoms with Gasteiger partial charge in [-0.25, -0.2) is 27.0 Å². The smallest absolute Gasteiger partial charge is 0.328 e. The van der Waals surface area contributed by atoms with Gasteiger partial charge in [0.2, 0.25) is 10.0 Å². The first-order valence-corrected chi connectivity index (χ1v) is 12.0. The molecular formula is C23H23ClN4O6S. The van der Waals surface area contributed by atoms with E-state index in [1.165, 1.54) is 3.97 Å². The summed E-state index contributed by atoms with van der Waals surface area (Å²) in [7, 11) is -1.82. The summed E-state index contributed by atoms with van der Waals surface area (Å²) >= 11 is 6.20. The van der Waals surface area contributed by atoms with E-state index in [9.17, 15) is 18.0 Å². The third kappa shape index (κ3) is 8.81. The van der Waals surface area contributed by atoms with Crippen molar-refractivity contribution in [3.05, 3.63) is 89.6 Å². The Balaban J connectivity index is 0.000000466. The average molecular weight is 519 g/mol. The van der Waals surface area contributed by atoms with Crippen molar-refractivity contribution in [1.82, 2.24) is 19.3 Å². The number of carboxylic acids is 2. The van der Waals surface area contributed by atoms with Gasteiger partial charge in [0.1, 0.15) is 5.15 Å². The highest BCUT2D eigenvalue weighted by atomic mass is 35.5. The molecular weight excluding hydrogens is 496 g/mol. The summed E-state index contributed by atoms with van der Waals surface area (Å²) in [6, 6.07) is 8.95. The number of aliphatic carboxylic acids is 2. The fourth-order valence-corrected chi connectivity index (χ4v) is 4.27. The second-order valence-electron chi connectivity index (χ2n) is 6.88. The molecule has 10 nitrogen and oxygen atoms in total. The summed E-state index contributed by atoms with van der Waals surface area (Å²) < 4.78 is 27.2. The monoisotopic (exact) mass is 518 g/mol. The Hall–Kier alpha value is -3.80. The highest BCUT2D eigenvalue weighted by Crippen LogP contribution is 2.29. The SMILES string of the molecule is CNCc1cc(-c2cccnc2Cl)n(S(=O)(=O)CC=Cc2cccnc2)c1.O=C(O)/C=C/C(=O)O. The van der Waals surface area contributed by atoms with Crippen LogP contribution in [0.25, 0.3) is 17.3 Å². The highest BCUT2D eigenvalue weighted by Gasteiger charge is 2.20. The minimum Gasteiger partial charge on any atom is -0.478 e. The van der Waals surface area contributed by atoms with Gasteiger partial charge in [0.15, 0.2) is 0 Å². The number of aromatic nitrogens is 3. The summed E-state index contributed by atoms with van der Waals surface area (Å²) in [6.07, 6.45) is 11.0. The molecule has 0 aromatic carbocycles. The number of carbonyl (C=O) groups is 2. The molecule has 0 amide bonds. The van der Waals surface area contributed by atoms with E-state index in [-0.39, 0.29) is 10.9 Å². The fourth-order valence-electron chi connectivity index (χ4n) is 2.80. The zero-order chi connectivity index (χ0) is 25.8. The van der Waals surface area contributed by atoms with Crippen molar-refractivity contribution in [2.75, 3.05) is 12.8 Å². The van der Waals surface area contributed by atoms with E-state index in [0.29, 0.717) is 30.0 Å². The molecule has 3 heterocycles. The molecule has 0 fully saturated rings. The second kappa shape index (κ2) is 13.2. The van der Waals surface area contributed by atoms with E-state index in [0.717, 1.165) is 11.1 Å². The van der Waals surface area contributed by atoms with Crippen LogP contribution in [0.15, 0.2) is 73.3 Å². The summed E-state index contributed by atoms with van der Waals surface area (Å²) in [5, 5.41) is 18.9. The zero-order valence-corrected chi connectivity index (χ0v) is 20.1. The topological polar surface area (TPSA) is 151 Å². The van der Waals surface area contributed by atoms with Crippen LogP contribution in [-0.4, -0.2) is 57.3 Å². The van der Waals surface area contributed by atoms with Crippen molar-refractivity contribution in [3.8, 4) is 11.3 Å². The molecule has 35 heavy (non-hydrogen) atoms. The molecule has 0 spiro atoms. The first-order valence-electron chi connectivity index (χ1n) is 10.0. The van der Waals surface area contributed by atoms with Gasteiger partial charge in [-0.3, -0.25) is 4.98 Å². The zero-order valence-electron chi connectivity index (χ0n) is 18.6. The fraction of sp³-hybridized carbons (Fsp3) is 0.130. The molecule has 0 saturated heterocycles. The maximum Gasteiger partial charge on any atom is 0.328 e. The molecule has 0 saturated carbocycles. The quantitative estimate of drug-likeness (QED) is 0.287. The maximum absolute atomic E-state index is 13.0. The van der Waals surface area contributed by atoms with Crippen LogP contribution in [0.4, 0.5) is 0 Å². The van der Waals surface area contributed by atoms with E-state index in [1.807, 2.05) is 12.1 Å². The van der Waals surface area contributed by atoms with Crippen molar-refractivity contribution in [2.45, 2.75) is 6.54 Å². The highest BCUT2D eigenvalue weighted by molar-refractivity contribution is 7.90. The van der Waals surface area contributed by atoms with Gasteiger partial charge in [-0.15, -0.1) is 0 Å². The Bertz CT molecular complexity index is 1300. The molecule has 0 bridgehead atoms. The minimum absolute atomic E-state index is 0.152. The van der Waals surface area contributed by atoms with Crippen LogP contribution in [0.1, 0.15) is 11.1 Å². The van der Waals surface area contributed by atoms with Gasteiger partial charge in [-0.2, -0.15) is 0 Å². The summed E-state index contributed by atoms with van der Waals surface area (Å²) in [5.74, 6) is -2.67. The lowest BCUT2D eigenvalue weighted by Gasteiger charge is -2.09. The van der Waals surface area contributed by atoms with Gasteiger partial charge in [-0.1, -0.05) is 29.8 Å². The summed E-state index contributed by atoms with van der Waals surface area (Å²) in [4.78, 5) is 27.2.